The molecule has 0 aromatic heterocycles. The van der Waals surface area contributed by atoms with E-state index in [0.29, 0.717) is 12.3 Å². The second-order valence-electron chi connectivity index (χ2n) is 7.51. The molecule has 0 bridgehead atoms. The Bertz CT molecular complexity index is 609. The van der Waals surface area contributed by atoms with Gasteiger partial charge < -0.3 is 15.2 Å². The van der Waals surface area contributed by atoms with Crippen molar-refractivity contribution in [2.75, 3.05) is 13.7 Å². The Balaban J connectivity index is 1.64. The summed E-state index contributed by atoms with van der Waals surface area (Å²) in [5, 5.41) is 12.6. The Morgan fingerprint density at radius 3 is 2.56 bits per heavy atom. The summed E-state index contributed by atoms with van der Waals surface area (Å²) in [7, 11) is 1.51. The number of carbonyl (C=O) groups excluding carboxylic acids is 1. The molecule has 0 radical (unpaired) electrons. The molecule has 0 saturated heterocycles. The van der Waals surface area contributed by atoms with Gasteiger partial charge in [-0.3, -0.25) is 9.59 Å². The van der Waals surface area contributed by atoms with Crippen molar-refractivity contribution in [3.8, 4) is 0 Å². The van der Waals surface area contributed by atoms with E-state index in [2.05, 4.69) is 17.4 Å². The lowest BCUT2D eigenvalue weighted by molar-refractivity contribution is -0.146. The standard InChI is InChI=1S/C20H27NO4/c1-25-13-15(18(22)23)12-20(9-5-6-10-20)19(24)21-17-11-16(17)14-7-3-2-4-8-14/h2-4,7-8,15-17H,5-6,9-13H2,1H3,(H,21,24)(H,22,23)/t15?,16-,17+/m0/s1. The predicted octanol–water partition coefficient (Wildman–Crippen LogP) is 2.96. The molecule has 1 amide bonds. The van der Waals surface area contributed by atoms with Crippen LogP contribution in [0.5, 0.6) is 0 Å². The van der Waals surface area contributed by atoms with Crippen molar-refractivity contribution in [2.45, 2.75) is 50.5 Å². The van der Waals surface area contributed by atoms with Crippen LogP contribution in [0.1, 0.15) is 50.0 Å². The monoisotopic (exact) mass is 345 g/mol. The molecule has 1 unspecified atom stereocenters. The number of hydrogen-bond donors (Lipinski definition) is 2. The van der Waals surface area contributed by atoms with Crippen molar-refractivity contribution in [2.24, 2.45) is 11.3 Å². The summed E-state index contributed by atoms with van der Waals surface area (Å²) in [6.07, 6.45) is 4.85. The van der Waals surface area contributed by atoms with Gasteiger partial charge in [-0.05, 0) is 31.2 Å². The minimum atomic E-state index is -0.880. The Kier molecular flexibility index (Phi) is 5.42. The van der Waals surface area contributed by atoms with Crippen molar-refractivity contribution in [3.63, 3.8) is 0 Å². The number of methoxy groups -OCH3 is 1. The second-order valence-corrected chi connectivity index (χ2v) is 7.51. The number of benzene rings is 1. The summed E-state index contributed by atoms with van der Waals surface area (Å²) in [4.78, 5) is 24.5. The average Bonchev–Trinajstić information content (AvgIpc) is 3.20. The molecule has 2 saturated carbocycles. The highest BCUT2D eigenvalue weighted by Gasteiger charge is 2.47. The van der Waals surface area contributed by atoms with E-state index in [4.69, 9.17) is 4.74 Å². The highest BCUT2D eigenvalue weighted by atomic mass is 16.5. The summed E-state index contributed by atoms with van der Waals surface area (Å²) < 4.78 is 5.06. The predicted molar refractivity (Wildman–Crippen MR) is 94.3 cm³/mol. The summed E-state index contributed by atoms with van der Waals surface area (Å²) in [6.45, 7) is 0.153. The Labute approximate surface area is 148 Å². The van der Waals surface area contributed by atoms with Gasteiger partial charge in [-0.25, -0.2) is 0 Å². The van der Waals surface area contributed by atoms with Gasteiger partial charge in [0.05, 0.1) is 17.9 Å². The molecular formula is C20H27NO4. The number of ether oxygens (including phenoxy) is 1. The molecule has 1 aromatic rings. The molecule has 136 valence electrons. The maximum Gasteiger partial charge on any atom is 0.308 e. The first-order chi connectivity index (χ1) is 12.1. The number of amides is 1. The molecule has 5 heteroatoms. The van der Waals surface area contributed by atoms with Crippen LogP contribution in [-0.2, 0) is 14.3 Å². The van der Waals surface area contributed by atoms with Crippen LogP contribution in [0.4, 0.5) is 0 Å². The third-order valence-corrected chi connectivity index (χ3v) is 5.73. The summed E-state index contributed by atoms with van der Waals surface area (Å²) >= 11 is 0. The normalized spacial score (nSPS) is 25.3. The Morgan fingerprint density at radius 1 is 1.28 bits per heavy atom. The van der Waals surface area contributed by atoms with Gasteiger partial charge in [-0.2, -0.15) is 0 Å². The van der Waals surface area contributed by atoms with Gasteiger partial charge >= 0.3 is 5.97 Å². The fraction of sp³-hybridized carbons (Fsp3) is 0.600. The van der Waals surface area contributed by atoms with Crippen molar-refractivity contribution < 1.29 is 19.4 Å². The van der Waals surface area contributed by atoms with Crippen LogP contribution in [0.25, 0.3) is 0 Å². The van der Waals surface area contributed by atoms with E-state index < -0.39 is 17.3 Å². The zero-order chi connectivity index (χ0) is 17.9. The Morgan fingerprint density at radius 2 is 1.96 bits per heavy atom. The van der Waals surface area contributed by atoms with Crippen LogP contribution in [0, 0.1) is 11.3 Å². The van der Waals surface area contributed by atoms with Gasteiger partial charge in [0.15, 0.2) is 0 Å². The topological polar surface area (TPSA) is 75.6 Å². The third kappa shape index (κ3) is 4.03. The van der Waals surface area contributed by atoms with Gasteiger partial charge in [0, 0.05) is 19.1 Å². The Hall–Kier alpha value is -1.88. The first-order valence-corrected chi connectivity index (χ1v) is 9.13. The van der Waals surface area contributed by atoms with Gasteiger partial charge in [-0.15, -0.1) is 0 Å². The van der Waals surface area contributed by atoms with Gasteiger partial charge in [0.25, 0.3) is 0 Å². The molecule has 2 N–H and O–H groups in total. The number of rotatable bonds is 8. The lowest BCUT2D eigenvalue weighted by Crippen LogP contribution is -2.43. The SMILES string of the molecule is COCC(CC1(C(=O)N[C@@H]2C[C@H]2c2ccccc2)CCCC1)C(=O)O. The van der Waals surface area contributed by atoms with E-state index in [-0.39, 0.29) is 18.6 Å². The average molecular weight is 345 g/mol. The molecule has 3 rings (SSSR count). The van der Waals surface area contributed by atoms with Crippen molar-refractivity contribution in [1.82, 2.24) is 5.32 Å². The zero-order valence-electron chi connectivity index (χ0n) is 14.7. The molecule has 1 aromatic carbocycles. The molecule has 3 atom stereocenters. The molecule has 2 aliphatic rings. The third-order valence-electron chi connectivity index (χ3n) is 5.73. The van der Waals surface area contributed by atoms with Crippen molar-refractivity contribution in [3.05, 3.63) is 35.9 Å². The van der Waals surface area contributed by atoms with E-state index in [1.165, 1.54) is 12.7 Å². The van der Waals surface area contributed by atoms with Crippen LogP contribution in [0.2, 0.25) is 0 Å². The van der Waals surface area contributed by atoms with Gasteiger partial charge in [0.2, 0.25) is 5.91 Å². The summed E-state index contributed by atoms with van der Waals surface area (Å²) in [6, 6.07) is 10.4. The van der Waals surface area contributed by atoms with E-state index in [1.54, 1.807) is 0 Å². The fourth-order valence-corrected chi connectivity index (χ4v) is 4.21. The zero-order valence-corrected chi connectivity index (χ0v) is 14.7. The lowest BCUT2D eigenvalue weighted by atomic mass is 9.77. The minimum absolute atomic E-state index is 0.0378. The molecule has 25 heavy (non-hydrogen) atoms. The fourth-order valence-electron chi connectivity index (χ4n) is 4.21. The molecule has 0 spiro atoms. The van der Waals surface area contributed by atoms with Crippen LogP contribution in [-0.4, -0.2) is 36.7 Å². The van der Waals surface area contributed by atoms with Gasteiger partial charge in [0.1, 0.15) is 0 Å². The second kappa shape index (κ2) is 7.56. The molecule has 0 heterocycles. The lowest BCUT2D eigenvalue weighted by Gasteiger charge is -2.30. The number of hydrogen-bond acceptors (Lipinski definition) is 3. The van der Waals surface area contributed by atoms with Crippen molar-refractivity contribution in [1.29, 1.82) is 0 Å². The van der Waals surface area contributed by atoms with E-state index in [0.717, 1.165) is 32.1 Å². The summed E-state index contributed by atoms with van der Waals surface area (Å²) in [5.74, 6) is -1.08. The van der Waals surface area contributed by atoms with Crippen molar-refractivity contribution >= 4 is 11.9 Å². The first-order valence-electron chi connectivity index (χ1n) is 9.13. The number of nitrogens with one attached hydrogen (secondary N) is 1. The van der Waals surface area contributed by atoms with E-state index in [1.807, 2.05) is 18.2 Å². The molecule has 2 fully saturated rings. The van der Waals surface area contributed by atoms with Crippen LogP contribution >= 0.6 is 0 Å². The number of carbonyl (C=O) groups is 2. The van der Waals surface area contributed by atoms with Crippen LogP contribution < -0.4 is 5.32 Å². The minimum Gasteiger partial charge on any atom is -0.481 e. The highest BCUT2D eigenvalue weighted by molar-refractivity contribution is 5.84. The number of carboxylic acids is 1. The molecule has 5 nitrogen and oxygen atoms in total. The maximum atomic E-state index is 13.0. The first kappa shape index (κ1) is 17.9. The number of carboxylic acid groups (broad SMARTS) is 1. The molecule has 0 aliphatic heterocycles. The van der Waals surface area contributed by atoms with Gasteiger partial charge in [-0.1, -0.05) is 43.2 Å². The quantitative estimate of drug-likeness (QED) is 0.759. The van der Waals surface area contributed by atoms with Crippen LogP contribution in [0.15, 0.2) is 30.3 Å². The molecular weight excluding hydrogens is 318 g/mol. The summed E-state index contributed by atoms with van der Waals surface area (Å²) in [5.41, 5.74) is 0.710. The maximum absolute atomic E-state index is 13.0. The van der Waals surface area contributed by atoms with E-state index >= 15 is 0 Å². The smallest absolute Gasteiger partial charge is 0.308 e. The molecule has 2 aliphatic carbocycles. The van der Waals surface area contributed by atoms with Crippen LogP contribution in [0.3, 0.4) is 0 Å². The number of aliphatic carboxylic acids is 1. The largest absolute Gasteiger partial charge is 0.481 e. The van der Waals surface area contributed by atoms with E-state index in [9.17, 15) is 14.7 Å². The highest BCUT2D eigenvalue weighted by Crippen LogP contribution is 2.46.